The van der Waals surface area contributed by atoms with E-state index < -0.39 is 17.5 Å². The van der Waals surface area contributed by atoms with E-state index in [1.807, 2.05) is 29.2 Å². The van der Waals surface area contributed by atoms with Crippen molar-refractivity contribution in [1.82, 2.24) is 15.1 Å². The summed E-state index contributed by atoms with van der Waals surface area (Å²) in [6, 6.07) is 10.4. The van der Waals surface area contributed by atoms with Crippen molar-refractivity contribution in [2.45, 2.75) is 25.2 Å². The molecule has 0 unspecified atom stereocenters. The van der Waals surface area contributed by atoms with Gasteiger partial charge >= 0.3 is 0 Å². The Morgan fingerprint density at radius 3 is 2.52 bits per heavy atom. The van der Waals surface area contributed by atoms with Gasteiger partial charge in [-0.25, -0.2) is 8.78 Å². The quantitative estimate of drug-likeness (QED) is 0.586. The SMILES string of the molecule is COc1ccc(CC(=O)N2CCC(c3nnc(C(=O)Nc4ccc(F)cc4F)s3)CC2)cc1. The number of aromatic nitrogens is 2. The molecule has 1 saturated heterocycles. The molecule has 1 fully saturated rings. The molecule has 10 heteroatoms. The number of hydrogen-bond donors (Lipinski definition) is 1. The molecule has 1 aliphatic rings. The van der Waals surface area contributed by atoms with Gasteiger partial charge in [-0.1, -0.05) is 23.5 Å². The molecular formula is C23H22F2N4O3S. The number of piperidine rings is 1. The fourth-order valence-electron chi connectivity index (χ4n) is 3.66. The maximum absolute atomic E-state index is 13.8. The molecule has 0 aliphatic carbocycles. The lowest BCUT2D eigenvalue weighted by molar-refractivity contribution is -0.131. The predicted molar refractivity (Wildman–Crippen MR) is 119 cm³/mol. The largest absolute Gasteiger partial charge is 0.497 e. The van der Waals surface area contributed by atoms with Gasteiger partial charge in [-0.2, -0.15) is 0 Å². The molecule has 2 heterocycles. The number of nitrogens with zero attached hydrogens (tertiary/aromatic N) is 3. The Labute approximate surface area is 193 Å². The number of likely N-dealkylation sites (tertiary alicyclic amines) is 1. The van der Waals surface area contributed by atoms with Crippen molar-refractivity contribution in [3.63, 3.8) is 0 Å². The van der Waals surface area contributed by atoms with E-state index in [-0.39, 0.29) is 22.5 Å². The molecule has 1 aromatic heterocycles. The molecule has 2 amide bonds. The number of ether oxygens (including phenoxy) is 1. The highest BCUT2D eigenvalue weighted by atomic mass is 32.1. The number of nitrogens with one attached hydrogen (secondary N) is 1. The highest BCUT2D eigenvalue weighted by molar-refractivity contribution is 7.13. The van der Waals surface area contributed by atoms with Crippen molar-refractivity contribution < 1.29 is 23.1 Å². The number of amides is 2. The highest BCUT2D eigenvalue weighted by Gasteiger charge is 2.27. The second kappa shape index (κ2) is 10.0. The van der Waals surface area contributed by atoms with Crippen LogP contribution in [-0.2, 0) is 11.2 Å². The molecule has 0 saturated carbocycles. The minimum absolute atomic E-state index is 0.0669. The van der Waals surface area contributed by atoms with E-state index in [2.05, 4.69) is 15.5 Å². The average Bonchev–Trinajstić information content (AvgIpc) is 3.32. The molecule has 0 spiro atoms. The Balaban J connectivity index is 1.30. The first-order chi connectivity index (χ1) is 15.9. The van der Waals surface area contributed by atoms with E-state index in [0.29, 0.717) is 30.6 Å². The van der Waals surface area contributed by atoms with Crippen LogP contribution in [0.1, 0.15) is 39.1 Å². The number of halogens is 2. The monoisotopic (exact) mass is 472 g/mol. The lowest BCUT2D eigenvalue weighted by atomic mass is 9.97. The molecular weight excluding hydrogens is 450 g/mol. The summed E-state index contributed by atoms with van der Waals surface area (Å²) in [5, 5.41) is 11.3. The van der Waals surface area contributed by atoms with Gasteiger partial charge in [0.25, 0.3) is 5.91 Å². The van der Waals surface area contributed by atoms with E-state index in [0.717, 1.165) is 47.6 Å². The molecule has 0 atom stereocenters. The smallest absolute Gasteiger partial charge is 0.286 e. The van der Waals surface area contributed by atoms with Gasteiger partial charge in [-0.3, -0.25) is 9.59 Å². The molecule has 1 N–H and O–H groups in total. The molecule has 4 rings (SSSR count). The Bertz CT molecular complexity index is 1140. The number of carbonyl (C=O) groups is 2. The first-order valence-electron chi connectivity index (χ1n) is 10.4. The normalized spacial score (nSPS) is 14.2. The van der Waals surface area contributed by atoms with Crippen molar-refractivity contribution in [2.24, 2.45) is 0 Å². The van der Waals surface area contributed by atoms with Gasteiger partial charge in [-0.05, 0) is 42.7 Å². The van der Waals surface area contributed by atoms with Gasteiger partial charge in [0.1, 0.15) is 22.4 Å². The van der Waals surface area contributed by atoms with E-state index in [4.69, 9.17) is 4.74 Å². The molecule has 7 nitrogen and oxygen atoms in total. The number of carbonyl (C=O) groups excluding carboxylic acids is 2. The van der Waals surface area contributed by atoms with Crippen molar-refractivity contribution in [3.05, 3.63) is 69.7 Å². The molecule has 3 aromatic rings. The topological polar surface area (TPSA) is 84.4 Å². The number of benzene rings is 2. The van der Waals surface area contributed by atoms with Crippen LogP contribution in [0.3, 0.4) is 0 Å². The Hall–Kier alpha value is -3.40. The Kier molecular flexibility index (Phi) is 6.93. The molecule has 0 bridgehead atoms. The summed E-state index contributed by atoms with van der Waals surface area (Å²) in [4.78, 5) is 26.9. The zero-order valence-corrected chi connectivity index (χ0v) is 18.7. The Morgan fingerprint density at radius 2 is 1.85 bits per heavy atom. The minimum atomic E-state index is -0.861. The molecule has 0 radical (unpaired) electrons. The second-order valence-corrected chi connectivity index (χ2v) is 8.71. The van der Waals surface area contributed by atoms with Crippen LogP contribution >= 0.6 is 11.3 Å². The summed E-state index contributed by atoms with van der Waals surface area (Å²) in [7, 11) is 1.60. The van der Waals surface area contributed by atoms with Crippen LogP contribution in [-0.4, -0.2) is 47.1 Å². The van der Waals surface area contributed by atoms with Crippen LogP contribution in [0.5, 0.6) is 5.75 Å². The van der Waals surface area contributed by atoms with Gasteiger partial charge in [0.2, 0.25) is 10.9 Å². The molecule has 2 aromatic carbocycles. The van der Waals surface area contributed by atoms with Crippen LogP contribution in [0, 0.1) is 11.6 Å². The average molecular weight is 473 g/mol. The summed E-state index contributed by atoms with van der Waals surface area (Å²) >= 11 is 1.15. The maximum Gasteiger partial charge on any atom is 0.286 e. The second-order valence-electron chi connectivity index (χ2n) is 7.70. The Morgan fingerprint density at radius 1 is 1.12 bits per heavy atom. The van der Waals surface area contributed by atoms with Crippen molar-refractivity contribution in [2.75, 3.05) is 25.5 Å². The van der Waals surface area contributed by atoms with Crippen molar-refractivity contribution in [3.8, 4) is 5.75 Å². The van der Waals surface area contributed by atoms with Crippen LogP contribution in [0.2, 0.25) is 0 Å². The summed E-state index contributed by atoms with van der Waals surface area (Å²) in [5.41, 5.74) is 0.808. The van der Waals surface area contributed by atoms with Gasteiger partial charge in [0, 0.05) is 25.1 Å². The van der Waals surface area contributed by atoms with Crippen molar-refractivity contribution >= 4 is 28.8 Å². The van der Waals surface area contributed by atoms with Gasteiger partial charge in [0.05, 0.1) is 19.2 Å². The zero-order chi connectivity index (χ0) is 23.4. The van der Waals surface area contributed by atoms with Crippen LogP contribution in [0.25, 0.3) is 0 Å². The summed E-state index contributed by atoms with van der Waals surface area (Å²) < 4.78 is 31.9. The third kappa shape index (κ3) is 5.51. The molecule has 172 valence electrons. The number of rotatable bonds is 6. The standard InChI is InChI=1S/C23H22F2N4O3S/c1-32-17-5-2-14(3-6-17)12-20(30)29-10-8-15(9-11-29)22-27-28-23(33-22)21(31)26-19-7-4-16(24)13-18(19)25/h2-7,13,15H,8-12H2,1H3,(H,26,31). The van der Waals surface area contributed by atoms with Gasteiger partial charge in [0.15, 0.2) is 0 Å². The van der Waals surface area contributed by atoms with E-state index >= 15 is 0 Å². The van der Waals surface area contributed by atoms with Crippen LogP contribution < -0.4 is 10.1 Å². The van der Waals surface area contributed by atoms with Crippen LogP contribution in [0.4, 0.5) is 14.5 Å². The van der Waals surface area contributed by atoms with Gasteiger partial charge in [-0.15, -0.1) is 10.2 Å². The fraction of sp³-hybridized carbons (Fsp3) is 0.304. The van der Waals surface area contributed by atoms with E-state index in [9.17, 15) is 18.4 Å². The first-order valence-corrected chi connectivity index (χ1v) is 11.2. The number of anilines is 1. The zero-order valence-electron chi connectivity index (χ0n) is 17.9. The summed E-state index contributed by atoms with van der Waals surface area (Å²) in [6.07, 6.45) is 1.77. The van der Waals surface area contributed by atoms with E-state index in [1.54, 1.807) is 7.11 Å². The third-order valence-corrected chi connectivity index (χ3v) is 6.61. The number of hydrogen-bond acceptors (Lipinski definition) is 6. The summed E-state index contributed by atoms with van der Waals surface area (Å²) in [5.74, 6) is -1.28. The molecule has 33 heavy (non-hydrogen) atoms. The lowest BCUT2D eigenvalue weighted by Crippen LogP contribution is -2.38. The third-order valence-electron chi connectivity index (χ3n) is 5.53. The summed E-state index contributed by atoms with van der Waals surface area (Å²) in [6.45, 7) is 1.20. The number of methoxy groups -OCH3 is 1. The molecule has 1 aliphatic heterocycles. The maximum atomic E-state index is 13.8. The van der Waals surface area contributed by atoms with Gasteiger partial charge < -0.3 is 15.0 Å². The lowest BCUT2D eigenvalue weighted by Gasteiger charge is -2.31. The van der Waals surface area contributed by atoms with Crippen molar-refractivity contribution in [1.29, 1.82) is 0 Å². The first kappa shape index (κ1) is 22.8. The highest BCUT2D eigenvalue weighted by Crippen LogP contribution is 2.31. The van der Waals surface area contributed by atoms with E-state index in [1.165, 1.54) is 0 Å². The fourth-order valence-corrected chi connectivity index (χ4v) is 4.57. The minimum Gasteiger partial charge on any atom is -0.497 e. The van der Waals surface area contributed by atoms with Crippen LogP contribution in [0.15, 0.2) is 42.5 Å². The predicted octanol–water partition coefficient (Wildman–Crippen LogP) is 4.03.